The highest BCUT2D eigenvalue weighted by Crippen LogP contribution is 2.17. The van der Waals surface area contributed by atoms with Crippen LogP contribution in [0.1, 0.15) is 11.3 Å². The van der Waals surface area contributed by atoms with Crippen LogP contribution in [0.25, 0.3) is 5.65 Å². The molecular formula is C16H18N4. The zero-order valence-corrected chi connectivity index (χ0v) is 11.5. The van der Waals surface area contributed by atoms with E-state index in [1.54, 1.807) is 0 Å². The Morgan fingerprint density at radius 3 is 2.65 bits per heavy atom. The van der Waals surface area contributed by atoms with E-state index in [9.17, 15) is 0 Å². The first-order chi connectivity index (χ1) is 9.76. The normalized spacial score (nSPS) is 10.9. The van der Waals surface area contributed by atoms with Gasteiger partial charge in [-0.25, -0.2) is 4.98 Å². The van der Waals surface area contributed by atoms with E-state index < -0.39 is 0 Å². The quantitative estimate of drug-likeness (QED) is 0.789. The van der Waals surface area contributed by atoms with Gasteiger partial charge in [-0.1, -0.05) is 30.3 Å². The van der Waals surface area contributed by atoms with E-state index in [4.69, 9.17) is 5.73 Å². The molecule has 0 amide bonds. The number of pyridine rings is 1. The Hall–Kier alpha value is -2.33. The number of benzene rings is 1. The second-order valence-electron chi connectivity index (χ2n) is 4.93. The largest absolute Gasteiger partial charge is 0.369 e. The highest BCUT2D eigenvalue weighted by Gasteiger charge is 2.05. The summed E-state index contributed by atoms with van der Waals surface area (Å²) in [6.45, 7) is 1.35. The summed E-state index contributed by atoms with van der Waals surface area (Å²) in [6.07, 6.45) is 4.07. The van der Waals surface area contributed by atoms with Crippen molar-refractivity contribution < 1.29 is 0 Å². The Labute approximate surface area is 118 Å². The maximum Gasteiger partial charge on any atom is 0.137 e. The van der Waals surface area contributed by atoms with E-state index in [2.05, 4.69) is 53.5 Å². The molecule has 102 valence electrons. The lowest BCUT2D eigenvalue weighted by molar-refractivity contribution is 0.914. The van der Waals surface area contributed by atoms with Crippen molar-refractivity contribution in [3.05, 3.63) is 66.1 Å². The first-order valence-electron chi connectivity index (χ1n) is 6.69. The maximum atomic E-state index is 5.63. The van der Waals surface area contributed by atoms with Gasteiger partial charge in [0.1, 0.15) is 5.65 Å². The molecule has 4 nitrogen and oxygen atoms in total. The lowest BCUT2D eigenvalue weighted by Gasteiger charge is -2.19. The highest BCUT2D eigenvalue weighted by atomic mass is 15.1. The van der Waals surface area contributed by atoms with Gasteiger partial charge in [0.2, 0.25) is 0 Å². The van der Waals surface area contributed by atoms with E-state index in [1.165, 1.54) is 5.56 Å². The van der Waals surface area contributed by atoms with Crippen molar-refractivity contribution in [2.24, 2.45) is 5.73 Å². The maximum absolute atomic E-state index is 5.63. The van der Waals surface area contributed by atoms with Gasteiger partial charge < -0.3 is 15.0 Å². The molecule has 0 saturated carbocycles. The van der Waals surface area contributed by atoms with E-state index in [0.29, 0.717) is 6.54 Å². The van der Waals surface area contributed by atoms with Crippen LogP contribution in [0.4, 0.5) is 5.69 Å². The second-order valence-corrected chi connectivity index (χ2v) is 4.93. The fraction of sp³-hybridized carbons (Fsp3) is 0.188. The number of nitrogens with zero attached hydrogens (tertiary/aromatic N) is 3. The lowest BCUT2D eigenvalue weighted by atomic mass is 10.2. The van der Waals surface area contributed by atoms with Crippen molar-refractivity contribution in [3.8, 4) is 0 Å². The predicted molar refractivity (Wildman–Crippen MR) is 81.6 cm³/mol. The molecule has 0 aliphatic rings. The average Bonchev–Trinajstić information content (AvgIpc) is 2.90. The Morgan fingerprint density at radius 2 is 1.90 bits per heavy atom. The summed E-state index contributed by atoms with van der Waals surface area (Å²) >= 11 is 0. The van der Waals surface area contributed by atoms with E-state index in [1.807, 2.05) is 22.7 Å². The van der Waals surface area contributed by atoms with Crippen molar-refractivity contribution >= 4 is 11.3 Å². The molecule has 0 atom stereocenters. The van der Waals surface area contributed by atoms with E-state index in [0.717, 1.165) is 23.6 Å². The van der Waals surface area contributed by atoms with Crippen molar-refractivity contribution in [1.82, 2.24) is 9.38 Å². The Morgan fingerprint density at radius 1 is 1.10 bits per heavy atom. The molecule has 4 heteroatoms. The number of rotatable bonds is 4. The molecular weight excluding hydrogens is 248 g/mol. The summed E-state index contributed by atoms with van der Waals surface area (Å²) in [7, 11) is 2.09. The summed E-state index contributed by atoms with van der Waals surface area (Å²) in [5.74, 6) is 0. The van der Waals surface area contributed by atoms with Gasteiger partial charge in [-0.05, 0) is 17.7 Å². The van der Waals surface area contributed by atoms with Crippen LogP contribution in [0, 0.1) is 0 Å². The molecule has 2 N–H and O–H groups in total. The first-order valence-corrected chi connectivity index (χ1v) is 6.69. The van der Waals surface area contributed by atoms with Gasteiger partial charge in [0, 0.05) is 32.5 Å². The predicted octanol–water partition coefficient (Wildman–Crippen LogP) is 2.43. The van der Waals surface area contributed by atoms with Crippen LogP contribution < -0.4 is 10.6 Å². The molecule has 0 saturated heterocycles. The van der Waals surface area contributed by atoms with Crippen molar-refractivity contribution in [2.75, 3.05) is 11.9 Å². The monoisotopic (exact) mass is 266 g/mol. The molecule has 1 aromatic carbocycles. The van der Waals surface area contributed by atoms with Crippen molar-refractivity contribution in [1.29, 1.82) is 0 Å². The van der Waals surface area contributed by atoms with Crippen LogP contribution in [-0.4, -0.2) is 16.4 Å². The second kappa shape index (κ2) is 5.35. The Kier molecular flexibility index (Phi) is 3.39. The SMILES string of the molecule is CN(Cc1ccccc1)c1ccc2nc(CN)cn2c1. The molecule has 2 aromatic heterocycles. The topological polar surface area (TPSA) is 46.6 Å². The van der Waals surface area contributed by atoms with Gasteiger partial charge >= 0.3 is 0 Å². The molecule has 2 heterocycles. The summed E-state index contributed by atoms with van der Waals surface area (Å²) < 4.78 is 2.03. The smallest absolute Gasteiger partial charge is 0.137 e. The van der Waals surface area contributed by atoms with Crippen LogP contribution in [0.2, 0.25) is 0 Å². The minimum absolute atomic E-state index is 0.469. The number of fused-ring (bicyclic) bond motifs is 1. The Balaban J connectivity index is 1.85. The number of nitrogens with two attached hydrogens (primary N) is 1. The molecule has 0 fully saturated rings. The van der Waals surface area contributed by atoms with E-state index >= 15 is 0 Å². The van der Waals surface area contributed by atoms with Gasteiger partial charge in [0.05, 0.1) is 11.4 Å². The third-order valence-corrected chi connectivity index (χ3v) is 3.40. The van der Waals surface area contributed by atoms with Crippen LogP contribution in [0.3, 0.4) is 0 Å². The van der Waals surface area contributed by atoms with Crippen molar-refractivity contribution in [3.63, 3.8) is 0 Å². The molecule has 0 bridgehead atoms. The van der Waals surface area contributed by atoms with Gasteiger partial charge in [-0.2, -0.15) is 0 Å². The fourth-order valence-electron chi connectivity index (χ4n) is 2.31. The molecule has 0 aliphatic heterocycles. The summed E-state index contributed by atoms with van der Waals surface area (Å²) in [5, 5.41) is 0. The summed E-state index contributed by atoms with van der Waals surface area (Å²) in [6, 6.07) is 14.6. The summed E-state index contributed by atoms with van der Waals surface area (Å²) in [5.41, 5.74) is 9.92. The number of hydrogen-bond donors (Lipinski definition) is 1. The Bertz CT molecular complexity index is 703. The highest BCUT2D eigenvalue weighted by molar-refractivity contribution is 5.52. The number of aromatic nitrogens is 2. The molecule has 0 unspecified atom stereocenters. The minimum Gasteiger partial charge on any atom is -0.369 e. The van der Waals surface area contributed by atoms with Crippen LogP contribution >= 0.6 is 0 Å². The number of anilines is 1. The van der Waals surface area contributed by atoms with Gasteiger partial charge in [-0.15, -0.1) is 0 Å². The van der Waals surface area contributed by atoms with Crippen LogP contribution in [0.5, 0.6) is 0 Å². The van der Waals surface area contributed by atoms with Gasteiger partial charge in [-0.3, -0.25) is 0 Å². The van der Waals surface area contributed by atoms with Crippen LogP contribution in [0.15, 0.2) is 54.9 Å². The zero-order valence-electron chi connectivity index (χ0n) is 11.5. The minimum atomic E-state index is 0.469. The third-order valence-electron chi connectivity index (χ3n) is 3.40. The van der Waals surface area contributed by atoms with Gasteiger partial charge in [0.25, 0.3) is 0 Å². The fourth-order valence-corrected chi connectivity index (χ4v) is 2.31. The lowest BCUT2D eigenvalue weighted by Crippen LogP contribution is -2.16. The summed E-state index contributed by atoms with van der Waals surface area (Å²) in [4.78, 5) is 6.65. The third kappa shape index (κ3) is 2.51. The standard InChI is InChI=1S/C16H18N4/c1-19(10-13-5-3-2-4-6-13)15-7-8-16-18-14(9-17)11-20(16)12-15/h2-8,11-12H,9-10,17H2,1H3. The molecule has 0 radical (unpaired) electrons. The number of hydrogen-bond acceptors (Lipinski definition) is 3. The average molecular weight is 266 g/mol. The molecule has 20 heavy (non-hydrogen) atoms. The number of imidazole rings is 1. The molecule has 3 aromatic rings. The molecule has 0 aliphatic carbocycles. The first kappa shape index (κ1) is 12.7. The van der Waals surface area contributed by atoms with E-state index in [-0.39, 0.29) is 0 Å². The van der Waals surface area contributed by atoms with Crippen molar-refractivity contribution in [2.45, 2.75) is 13.1 Å². The van der Waals surface area contributed by atoms with Crippen LogP contribution in [-0.2, 0) is 13.1 Å². The van der Waals surface area contributed by atoms with Gasteiger partial charge in [0.15, 0.2) is 0 Å². The zero-order chi connectivity index (χ0) is 13.9. The molecule has 0 spiro atoms. The molecule has 3 rings (SSSR count).